The van der Waals surface area contributed by atoms with E-state index in [-0.39, 0.29) is 5.54 Å². The third kappa shape index (κ3) is 2.83. The maximum atomic E-state index is 8.46. The summed E-state index contributed by atoms with van der Waals surface area (Å²) in [6.45, 7) is 0. The predicted octanol–water partition coefficient (Wildman–Crippen LogP) is 3.21. The van der Waals surface area contributed by atoms with Crippen molar-refractivity contribution in [3.63, 3.8) is 0 Å². The van der Waals surface area contributed by atoms with Gasteiger partial charge in [-0.05, 0) is 30.1 Å². The van der Waals surface area contributed by atoms with Crippen LogP contribution < -0.4 is 0 Å². The second-order valence-electron chi connectivity index (χ2n) is 3.35. The highest BCUT2D eigenvalue weighted by atomic mass is 32.2. The molecule has 0 N–H and O–H groups in total. The first kappa shape index (κ1) is 10.2. The van der Waals surface area contributed by atoms with Crippen molar-refractivity contribution in [3.8, 4) is 5.40 Å². The number of nitriles is 1. The van der Waals surface area contributed by atoms with Gasteiger partial charge in [-0.2, -0.15) is 5.26 Å². The molecule has 0 aromatic heterocycles. The Balaban J connectivity index is 2.62. The molecule has 0 spiro atoms. The summed E-state index contributed by atoms with van der Waals surface area (Å²) in [4.78, 5) is 2.89. The smallest absolute Gasteiger partial charge is 0.133 e. The average molecular weight is 196 g/mol. The summed E-state index contributed by atoms with van der Waals surface area (Å²) in [6.07, 6.45) is 5.33. The van der Waals surface area contributed by atoms with E-state index in [4.69, 9.17) is 10.8 Å². The first-order chi connectivity index (χ1) is 6.33. The van der Waals surface area contributed by atoms with E-state index in [1.54, 1.807) is 0 Å². The van der Waals surface area contributed by atoms with Crippen molar-refractivity contribution in [1.29, 1.82) is 5.26 Å². The van der Waals surface area contributed by atoms with Crippen LogP contribution in [-0.4, -0.2) is 11.3 Å². The molecule has 0 heterocycles. The van der Waals surface area contributed by atoms with Crippen molar-refractivity contribution in [2.45, 2.75) is 37.6 Å². The Hall–Kier alpha value is -0.850. The molecule has 0 atom stereocenters. The minimum absolute atomic E-state index is 0.270. The molecule has 0 amide bonds. The van der Waals surface area contributed by atoms with Gasteiger partial charge in [0, 0.05) is 10.7 Å². The van der Waals surface area contributed by atoms with Crippen LogP contribution in [0.2, 0.25) is 0 Å². The van der Waals surface area contributed by atoms with Crippen LogP contribution in [0.3, 0.4) is 0 Å². The van der Waals surface area contributed by atoms with Gasteiger partial charge < -0.3 is 0 Å². The number of hydrogen-bond acceptors (Lipinski definition) is 3. The van der Waals surface area contributed by atoms with Crippen molar-refractivity contribution in [1.82, 2.24) is 0 Å². The molecule has 0 radical (unpaired) electrons. The first-order valence-corrected chi connectivity index (χ1v) is 5.39. The van der Waals surface area contributed by atoms with Crippen LogP contribution in [0, 0.1) is 10.7 Å². The van der Waals surface area contributed by atoms with Crippen molar-refractivity contribution in [2.24, 2.45) is 5.11 Å². The first-order valence-electron chi connectivity index (χ1n) is 4.40. The number of hydrogen-bond donors (Lipinski definition) is 0. The topological polar surface area (TPSA) is 72.5 Å². The van der Waals surface area contributed by atoms with E-state index in [0.29, 0.717) is 5.75 Å². The Labute approximate surface area is 81.9 Å². The zero-order chi connectivity index (χ0) is 9.57. The number of azide groups is 1. The summed E-state index contributed by atoms with van der Waals surface area (Å²) in [5, 5.41) is 14.4. The average Bonchev–Trinajstić information content (AvgIpc) is 2.17. The van der Waals surface area contributed by atoms with Crippen LogP contribution in [0.4, 0.5) is 0 Å². The highest BCUT2D eigenvalue weighted by Gasteiger charge is 2.30. The van der Waals surface area contributed by atoms with E-state index in [0.717, 1.165) is 25.7 Å². The normalized spacial score (nSPS) is 19.9. The van der Waals surface area contributed by atoms with Crippen LogP contribution in [0.5, 0.6) is 0 Å². The summed E-state index contributed by atoms with van der Waals surface area (Å²) < 4.78 is 0. The fraction of sp³-hybridized carbons (Fsp3) is 0.875. The van der Waals surface area contributed by atoms with Gasteiger partial charge in [0.25, 0.3) is 0 Å². The molecule has 1 aliphatic rings. The second-order valence-corrected chi connectivity index (χ2v) is 4.11. The van der Waals surface area contributed by atoms with Gasteiger partial charge >= 0.3 is 0 Å². The Morgan fingerprint density at radius 3 is 2.69 bits per heavy atom. The van der Waals surface area contributed by atoms with E-state index in [1.165, 1.54) is 18.2 Å². The molecule has 5 heteroatoms. The fourth-order valence-corrected chi connectivity index (χ4v) is 2.42. The van der Waals surface area contributed by atoms with Gasteiger partial charge in [0.15, 0.2) is 0 Å². The zero-order valence-corrected chi connectivity index (χ0v) is 8.26. The summed E-state index contributed by atoms with van der Waals surface area (Å²) in [5.41, 5.74) is 8.18. The highest BCUT2D eigenvalue weighted by Crippen LogP contribution is 2.34. The minimum atomic E-state index is -0.270. The van der Waals surface area contributed by atoms with E-state index in [2.05, 4.69) is 10.0 Å². The molecule has 0 saturated heterocycles. The van der Waals surface area contributed by atoms with E-state index < -0.39 is 0 Å². The standard InChI is InChI=1S/C8H12N4S/c9-7-13-6-8(11-12-10)4-2-1-3-5-8/h1-6H2. The third-order valence-corrected chi connectivity index (χ3v) is 3.26. The Morgan fingerprint density at radius 1 is 1.46 bits per heavy atom. The molecule has 1 saturated carbocycles. The van der Waals surface area contributed by atoms with E-state index in [1.807, 2.05) is 5.40 Å². The summed E-state index contributed by atoms with van der Waals surface area (Å²) >= 11 is 1.19. The SMILES string of the molecule is N#CSCC1(N=[N+]=[N-])CCCCC1. The molecule has 13 heavy (non-hydrogen) atoms. The number of thiocyanates is 1. The molecule has 0 unspecified atom stereocenters. The minimum Gasteiger partial charge on any atom is -0.185 e. The molecule has 1 aliphatic carbocycles. The lowest BCUT2D eigenvalue weighted by Crippen LogP contribution is -2.31. The van der Waals surface area contributed by atoms with Gasteiger partial charge in [-0.1, -0.05) is 24.4 Å². The third-order valence-electron chi connectivity index (χ3n) is 2.45. The molecule has 0 aromatic rings. The maximum absolute atomic E-state index is 8.46. The van der Waals surface area contributed by atoms with Gasteiger partial charge in [-0.25, -0.2) is 0 Å². The largest absolute Gasteiger partial charge is 0.185 e. The highest BCUT2D eigenvalue weighted by molar-refractivity contribution is 8.03. The molecular weight excluding hydrogens is 184 g/mol. The lowest BCUT2D eigenvalue weighted by atomic mass is 9.84. The van der Waals surface area contributed by atoms with E-state index >= 15 is 0 Å². The van der Waals surface area contributed by atoms with Gasteiger partial charge in [0.05, 0.1) is 5.54 Å². The lowest BCUT2D eigenvalue weighted by molar-refractivity contribution is 0.328. The molecule has 4 nitrogen and oxygen atoms in total. The lowest BCUT2D eigenvalue weighted by Gasteiger charge is -2.31. The molecule has 0 aromatic carbocycles. The quantitative estimate of drug-likeness (QED) is 0.301. The maximum Gasteiger partial charge on any atom is 0.133 e. The number of thioether (sulfide) groups is 1. The second kappa shape index (κ2) is 5.00. The van der Waals surface area contributed by atoms with Crippen molar-refractivity contribution < 1.29 is 0 Å². The van der Waals surface area contributed by atoms with Crippen LogP contribution in [0.25, 0.3) is 10.4 Å². The fourth-order valence-electron chi connectivity index (χ4n) is 1.74. The predicted molar refractivity (Wildman–Crippen MR) is 53.0 cm³/mol. The number of rotatable bonds is 3. The molecule has 70 valence electrons. The Bertz CT molecular complexity index is 245. The van der Waals surface area contributed by atoms with Gasteiger partial charge in [0.2, 0.25) is 0 Å². The summed E-state index contributed by atoms with van der Waals surface area (Å²) in [7, 11) is 0. The van der Waals surface area contributed by atoms with Gasteiger partial charge in [-0.3, -0.25) is 0 Å². The summed E-state index contributed by atoms with van der Waals surface area (Å²) in [6, 6.07) is 0. The van der Waals surface area contributed by atoms with Crippen LogP contribution >= 0.6 is 11.8 Å². The van der Waals surface area contributed by atoms with Gasteiger partial charge in [0.1, 0.15) is 5.40 Å². The monoisotopic (exact) mass is 196 g/mol. The van der Waals surface area contributed by atoms with Gasteiger partial charge in [-0.15, -0.1) is 0 Å². The molecular formula is C8H12N4S. The van der Waals surface area contributed by atoms with Crippen LogP contribution in [0.1, 0.15) is 32.1 Å². The molecule has 1 fully saturated rings. The van der Waals surface area contributed by atoms with Crippen molar-refractivity contribution in [3.05, 3.63) is 10.4 Å². The van der Waals surface area contributed by atoms with Crippen LogP contribution in [0.15, 0.2) is 5.11 Å². The Morgan fingerprint density at radius 2 is 2.15 bits per heavy atom. The molecule has 0 aliphatic heterocycles. The van der Waals surface area contributed by atoms with Crippen molar-refractivity contribution in [2.75, 3.05) is 5.75 Å². The number of nitrogens with zero attached hydrogens (tertiary/aromatic N) is 4. The Kier molecular flexibility index (Phi) is 3.94. The summed E-state index contributed by atoms with van der Waals surface area (Å²) in [5.74, 6) is 0.646. The van der Waals surface area contributed by atoms with Crippen molar-refractivity contribution >= 4 is 11.8 Å². The zero-order valence-electron chi connectivity index (χ0n) is 7.44. The van der Waals surface area contributed by atoms with Crippen LogP contribution in [-0.2, 0) is 0 Å². The molecule has 0 bridgehead atoms. The molecule has 1 rings (SSSR count). The van der Waals surface area contributed by atoms with E-state index in [9.17, 15) is 0 Å².